The molecule has 2 fully saturated rings. The molecule has 1 aromatic carbocycles. The van der Waals surface area contributed by atoms with Crippen LogP contribution in [0, 0.1) is 17.8 Å². The van der Waals surface area contributed by atoms with Crippen LogP contribution in [0.1, 0.15) is 77.2 Å². The van der Waals surface area contributed by atoms with Gasteiger partial charge in [-0.25, -0.2) is 0 Å². The highest BCUT2D eigenvalue weighted by molar-refractivity contribution is 6.43. The summed E-state index contributed by atoms with van der Waals surface area (Å²) in [6.07, 6.45) is 7.77. The van der Waals surface area contributed by atoms with Gasteiger partial charge < -0.3 is 19.9 Å². The number of phenolic OH excluding ortho intramolecular Hbond substituents is 1. The fraction of sp³-hybridized carbons (Fsp3) is 0.567. The molecule has 4 atom stereocenters. The number of rotatable bonds is 12. The molecule has 0 aromatic heterocycles. The molecule has 9 heteroatoms. The Morgan fingerprint density at radius 3 is 2.64 bits per heavy atom. The highest BCUT2D eigenvalue weighted by atomic mass is 16.5. The SMILES string of the molecule is CCC/C(=C\c1cccc(O)c1)CC[C@H]1OB(O)C[C@H]2C1=C(C)C[C@H]1C(=O)N(CCCCCC(=O)O)C(=O)[C@H]12. The molecule has 0 bridgehead atoms. The van der Waals surface area contributed by atoms with Crippen LogP contribution in [0.2, 0.25) is 6.32 Å². The summed E-state index contributed by atoms with van der Waals surface area (Å²) in [6.45, 7) is 4.46. The van der Waals surface area contributed by atoms with Gasteiger partial charge in [-0.3, -0.25) is 19.3 Å². The van der Waals surface area contributed by atoms with Crippen molar-refractivity contribution in [3.8, 4) is 5.75 Å². The largest absolute Gasteiger partial charge is 0.508 e. The minimum atomic E-state index is -0.993. The topological polar surface area (TPSA) is 124 Å². The number of fused-ring (bicyclic) bond motifs is 3. The molecule has 39 heavy (non-hydrogen) atoms. The summed E-state index contributed by atoms with van der Waals surface area (Å²) in [6, 6.07) is 7.17. The number of carboxylic acids is 1. The number of hydrogen-bond donors (Lipinski definition) is 3. The van der Waals surface area contributed by atoms with E-state index in [2.05, 4.69) is 13.0 Å². The Bertz CT molecular complexity index is 1150. The van der Waals surface area contributed by atoms with Crippen molar-refractivity contribution in [2.75, 3.05) is 6.54 Å². The number of aliphatic carboxylic acids is 1. The highest BCUT2D eigenvalue weighted by Crippen LogP contribution is 2.50. The van der Waals surface area contributed by atoms with Gasteiger partial charge in [0.1, 0.15) is 5.75 Å². The average molecular weight is 537 g/mol. The molecule has 1 aliphatic carbocycles. The lowest BCUT2D eigenvalue weighted by Crippen LogP contribution is -2.46. The lowest BCUT2D eigenvalue weighted by molar-refractivity contribution is -0.141. The normalized spacial score (nSPS) is 25.3. The van der Waals surface area contributed by atoms with E-state index in [0.29, 0.717) is 45.0 Å². The third-order valence-corrected chi connectivity index (χ3v) is 8.36. The van der Waals surface area contributed by atoms with E-state index < -0.39 is 24.9 Å². The summed E-state index contributed by atoms with van der Waals surface area (Å²) in [4.78, 5) is 38.9. The van der Waals surface area contributed by atoms with E-state index in [1.807, 2.05) is 19.1 Å². The van der Waals surface area contributed by atoms with Crippen molar-refractivity contribution in [3.05, 3.63) is 46.5 Å². The summed E-state index contributed by atoms with van der Waals surface area (Å²) in [7, 11) is -0.993. The van der Waals surface area contributed by atoms with Crippen LogP contribution < -0.4 is 0 Å². The average Bonchev–Trinajstić information content (AvgIpc) is 3.11. The van der Waals surface area contributed by atoms with Crippen molar-refractivity contribution in [2.45, 2.75) is 84.1 Å². The standard InChI is InChI=1S/C30H40BNO7/c1-3-8-20(16-21-9-7-10-22(33)17-21)12-13-25-27-19(2)15-23-28(24(27)18-31(38)39-25)30(37)32(29(23)36)14-6-4-5-11-26(34)35/h7,9-10,16-17,23-25,28,33,38H,3-6,8,11-15,18H2,1-2H3,(H,34,35)/b20-16+/t23-,24+,25-,28-/m1/s1. The predicted molar refractivity (Wildman–Crippen MR) is 148 cm³/mol. The number of likely N-dealkylation sites (tertiary alicyclic amines) is 1. The molecule has 2 aliphatic heterocycles. The molecule has 0 spiro atoms. The van der Waals surface area contributed by atoms with Gasteiger partial charge in [0.2, 0.25) is 11.8 Å². The van der Waals surface area contributed by atoms with Crippen LogP contribution in [0.25, 0.3) is 6.08 Å². The van der Waals surface area contributed by atoms with Crippen molar-refractivity contribution in [3.63, 3.8) is 0 Å². The third-order valence-electron chi connectivity index (χ3n) is 8.36. The quantitative estimate of drug-likeness (QED) is 0.151. The second-order valence-corrected chi connectivity index (χ2v) is 11.2. The number of phenols is 1. The number of aromatic hydroxyl groups is 1. The fourth-order valence-corrected chi connectivity index (χ4v) is 6.69. The first-order valence-electron chi connectivity index (χ1n) is 14.3. The molecule has 3 aliphatic rings. The number of carboxylic acid groups (broad SMARTS) is 1. The molecule has 2 saturated heterocycles. The van der Waals surface area contributed by atoms with Gasteiger partial charge in [0, 0.05) is 13.0 Å². The maximum Gasteiger partial charge on any atom is 0.455 e. The van der Waals surface area contributed by atoms with Crippen LogP contribution in [0.15, 0.2) is 41.0 Å². The Labute approximate surface area is 230 Å². The smallest absolute Gasteiger partial charge is 0.455 e. The van der Waals surface area contributed by atoms with Crippen molar-refractivity contribution in [1.82, 2.24) is 4.90 Å². The van der Waals surface area contributed by atoms with E-state index >= 15 is 0 Å². The van der Waals surface area contributed by atoms with Crippen molar-refractivity contribution in [1.29, 1.82) is 0 Å². The first-order valence-corrected chi connectivity index (χ1v) is 14.3. The Hall–Kier alpha value is -2.91. The Morgan fingerprint density at radius 2 is 1.92 bits per heavy atom. The lowest BCUT2D eigenvalue weighted by Gasteiger charge is -2.42. The van der Waals surface area contributed by atoms with Gasteiger partial charge in [-0.15, -0.1) is 0 Å². The molecule has 0 saturated carbocycles. The van der Waals surface area contributed by atoms with E-state index in [1.165, 1.54) is 10.5 Å². The van der Waals surface area contributed by atoms with Gasteiger partial charge in [0.05, 0.1) is 17.9 Å². The van der Waals surface area contributed by atoms with E-state index in [-0.39, 0.29) is 36.0 Å². The zero-order chi connectivity index (χ0) is 28.1. The van der Waals surface area contributed by atoms with Crippen molar-refractivity contribution < 1.29 is 34.3 Å². The molecular weight excluding hydrogens is 497 g/mol. The molecule has 1 aromatic rings. The zero-order valence-electron chi connectivity index (χ0n) is 23.0. The first-order chi connectivity index (χ1) is 18.7. The van der Waals surface area contributed by atoms with Crippen LogP contribution in [0.3, 0.4) is 0 Å². The van der Waals surface area contributed by atoms with Gasteiger partial charge in [-0.05, 0) is 81.0 Å². The van der Waals surface area contributed by atoms with E-state index in [0.717, 1.165) is 36.0 Å². The molecule has 210 valence electrons. The van der Waals surface area contributed by atoms with Crippen molar-refractivity contribution >= 4 is 31.0 Å². The predicted octanol–water partition coefficient (Wildman–Crippen LogP) is 4.82. The van der Waals surface area contributed by atoms with Gasteiger partial charge in [0.25, 0.3) is 0 Å². The number of nitrogens with zero attached hydrogens (tertiary/aromatic N) is 1. The van der Waals surface area contributed by atoms with Crippen molar-refractivity contribution in [2.24, 2.45) is 17.8 Å². The Balaban J connectivity index is 1.47. The first kappa shape index (κ1) is 29.1. The Morgan fingerprint density at radius 1 is 1.13 bits per heavy atom. The molecule has 2 heterocycles. The van der Waals surface area contributed by atoms with Gasteiger partial charge in [-0.1, -0.05) is 49.1 Å². The molecule has 0 unspecified atom stereocenters. The molecule has 0 radical (unpaired) electrons. The minimum Gasteiger partial charge on any atom is -0.508 e. The second kappa shape index (κ2) is 13.0. The summed E-state index contributed by atoms with van der Waals surface area (Å²) in [5, 5.41) is 29.4. The molecule has 4 rings (SSSR count). The summed E-state index contributed by atoms with van der Waals surface area (Å²) in [5.41, 5.74) is 4.32. The lowest BCUT2D eigenvalue weighted by atomic mass is 9.58. The number of carbonyl (C=O) groups excluding carboxylic acids is 2. The zero-order valence-corrected chi connectivity index (χ0v) is 23.0. The number of amides is 2. The third kappa shape index (κ3) is 6.82. The number of benzene rings is 1. The van der Waals surface area contributed by atoms with Crippen LogP contribution in [-0.4, -0.2) is 57.7 Å². The maximum absolute atomic E-state index is 13.5. The van der Waals surface area contributed by atoms with Crippen LogP contribution in [0.5, 0.6) is 5.75 Å². The molecule has 8 nitrogen and oxygen atoms in total. The maximum atomic E-state index is 13.5. The van der Waals surface area contributed by atoms with Gasteiger partial charge in [-0.2, -0.15) is 0 Å². The monoisotopic (exact) mass is 537 g/mol. The van der Waals surface area contributed by atoms with Crippen LogP contribution in [0.4, 0.5) is 0 Å². The van der Waals surface area contributed by atoms with E-state index in [1.54, 1.807) is 12.1 Å². The minimum absolute atomic E-state index is 0.0872. The van der Waals surface area contributed by atoms with E-state index in [9.17, 15) is 24.5 Å². The van der Waals surface area contributed by atoms with E-state index in [4.69, 9.17) is 9.76 Å². The summed E-state index contributed by atoms with van der Waals surface area (Å²) < 4.78 is 6.05. The summed E-state index contributed by atoms with van der Waals surface area (Å²) >= 11 is 0. The second-order valence-electron chi connectivity index (χ2n) is 11.2. The fourth-order valence-electron chi connectivity index (χ4n) is 6.69. The summed E-state index contributed by atoms with van der Waals surface area (Å²) in [5.74, 6) is -2.03. The van der Waals surface area contributed by atoms with Gasteiger partial charge in [0.15, 0.2) is 0 Å². The molecule has 3 N–H and O–H groups in total. The molecular formula is C30H40BNO7. The number of unbranched alkanes of at least 4 members (excludes halogenated alkanes) is 2. The Kier molecular flexibility index (Phi) is 9.67. The number of imide groups is 1. The van der Waals surface area contributed by atoms with Gasteiger partial charge >= 0.3 is 13.1 Å². The highest BCUT2D eigenvalue weighted by Gasteiger charge is 2.56. The number of hydrogen-bond acceptors (Lipinski definition) is 6. The van der Waals surface area contributed by atoms with Crippen LogP contribution in [-0.2, 0) is 19.0 Å². The molecule has 2 amide bonds. The number of allylic oxidation sites excluding steroid dienone is 2. The number of carbonyl (C=O) groups is 3. The van der Waals surface area contributed by atoms with Crippen LogP contribution >= 0.6 is 0 Å².